The van der Waals surface area contributed by atoms with Gasteiger partial charge < -0.3 is 9.73 Å². The lowest BCUT2D eigenvalue weighted by Crippen LogP contribution is -2.29. The molecule has 0 saturated carbocycles. The summed E-state index contributed by atoms with van der Waals surface area (Å²) in [6.07, 6.45) is 3.98. The molecular formula is C22H24N2O2. The third-order valence-corrected chi connectivity index (χ3v) is 4.98. The summed E-state index contributed by atoms with van der Waals surface area (Å²) in [4.78, 5) is 14.8. The van der Waals surface area contributed by atoms with E-state index >= 15 is 0 Å². The molecule has 1 aliphatic rings. The van der Waals surface area contributed by atoms with Crippen LogP contribution >= 0.6 is 0 Å². The van der Waals surface area contributed by atoms with Crippen molar-refractivity contribution in [2.24, 2.45) is 0 Å². The fraction of sp³-hybridized carbons (Fsp3) is 0.318. The van der Waals surface area contributed by atoms with Gasteiger partial charge in [0, 0.05) is 18.5 Å². The number of carbonyl (C=O) groups is 1. The summed E-state index contributed by atoms with van der Waals surface area (Å²) in [5, 5.41) is 3.88. The van der Waals surface area contributed by atoms with Gasteiger partial charge in [0.2, 0.25) is 0 Å². The largest absolute Gasteiger partial charge is 0.451 e. The third-order valence-electron chi connectivity index (χ3n) is 4.98. The minimum Gasteiger partial charge on any atom is -0.451 e. The van der Waals surface area contributed by atoms with Crippen LogP contribution in [0.25, 0.3) is 11.0 Å². The van der Waals surface area contributed by atoms with Gasteiger partial charge in [-0.1, -0.05) is 48.9 Å². The number of piperidine rings is 1. The molecule has 4 rings (SSSR count). The lowest BCUT2D eigenvalue weighted by atomic mass is 10.1. The standard InChI is InChI=1S/C22H24N2O2/c25-22(21-14-19-6-2-3-7-20(19)26-21)23-15-17-8-10-18(11-9-17)16-24-12-4-1-5-13-24/h2-3,6-11,14H,1,4-5,12-13,15-16H2,(H,23,25). The topological polar surface area (TPSA) is 45.5 Å². The highest BCUT2D eigenvalue weighted by Crippen LogP contribution is 2.19. The molecule has 4 heteroatoms. The highest BCUT2D eigenvalue weighted by Gasteiger charge is 2.12. The number of rotatable bonds is 5. The maximum absolute atomic E-state index is 12.3. The molecular weight excluding hydrogens is 324 g/mol. The first-order valence-corrected chi connectivity index (χ1v) is 9.35. The van der Waals surface area contributed by atoms with Gasteiger partial charge >= 0.3 is 0 Å². The number of nitrogens with one attached hydrogen (secondary N) is 1. The third kappa shape index (κ3) is 3.97. The zero-order chi connectivity index (χ0) is 17.8. The smallest absolute Gasteiger partial charge is 0.287 e. The number of para-hydroxylation sites is 1. The van der Waals surface area contributed by atoms with Crippen molar-refractivity contribution in [1.82, 2.24) is 10.2 Å². The molecule has 1 aliphatic heterocycles. The molecule has 1 amide bonds. The molecule has 1 saturated heterocycles. The summed E-state index contributed by atoms with van der Waals surface area (Å²) < 4.78 is 5.60. The molecule has 2 aromatic carbocycles. The molecule has 0 unspecified atom stereocenters. The average molecular weight is 348 g/mol. The first-order chi connectivity index (χ1) is 12.8. The summed E-state index contributed by atoms with van der Waals surface area (Å²) in [6, 6.07) is 17.9. The van der Waals surface area contributed by atoms with E-state index in [1.54, 1.807) is 6.07 Å². The molecule has 26 heavy (non-hydrogen) atoms. The van der Waals surface area contributed by atoms with E-state index in [4.69, 9.17) is 4.42 Å². The Morgan fingerprint density at radius 2 is 1.69 bits per heavy atom. The fourth-order valence-corrected chi connectivity index (χ4v) is 3.50. The molecule has 0 spiro atoms. The number of hydrogen-bond acceptors (Lipinski definition) is 3. The number of likely N-dealkylation sites (tertiary alicyclic amines) is 1. The zero-order valence-corrected chi connectivity index (χ0v) is 14.9. The van der Waals surface area contributed by atoms with Crippen LogP contribution in [0.4, 0.5) is 0 Å². The van der Waals surface area contributed by atoms with Crippen LogP contribution in [0.3, 0.4) is 0 Å². The number of furan rings is 1. The minimum atomic E-state index is -0.182. The quantitative estimate of drug-likeness (QED) is 0.746. The molecule has 1 fully saturated rings. The molecule has 0 radical (unpaired) electrons. The number of fused-ring (bicyclic) bond motifs is 1. The van der Waals surface area contributed by atoms with Gasteiger partial charge in [-0.05, 0) is 49.2 Å². The van der Waals surface area contributed by atoms with Crippen molar-refractivity contribution in [3.8, 4) is 0 Å². The second kappa shape index (κ2) is 7.75. The van der Waals surface area contributed by atoms with Crippen LogP contribution in [0.1, 0.15) is 40.9 Å². The van der Waals surface area contributed by atoms with Gasteiger partial charge in [0.15, 0.2) is 5.76 Å². The number of hydrogen-bond donors (Lipinski definition) is 1. The Bertz CT molecular complexity index is 844. The molecule has 1 aromatic heterocycles. The van der Waals surface area contributed by atoms with Gasteiger partial charge in [0.1, 0.15) is 5.58 Å². The van der Waals surface area contributed by atoms with E-state index < -0.39 is 0 Å². The predicted octanol–water partition coefficient (Wildman–Crippen LogP) is 4.35. The Labute approximate surface area is 153 Å². The number of benzene rings is 2. The normalized spacial score (nSPS) is 15.2. The first-order valence-electron chi connectivity index (χ1n) is 9.35. The van der Waals surface area contributed by atoms with Gasteiger partial charge in [-0.15, -0.1) is 0 Å². The van der Waals surface area contributed by atoms with E-state index in [0.717, 1.165) is 23.1 Å². The van der Waals surface area contributed by atoms with Crippen molar-refractivity contribution >= 4 is 16.9 Å². The van der Waals surface area contributed by atoms with Gasteiger partial charge in [-0.2, -0.15) is 0 Å². The SMILES string of the molecule is O=C(NCc1ccc(CN2CCCCC2)cc1)c1cc2ccccc2o1. The van der Waals surface area contributed by atoms with Gasteiger partial charge in [-0.3, -0.25) is 9.69 Å². The molecule has 4 nitrogen and oxygen atoms in total. The Morgan fingerprint density at radius 1 is 0.962 bits per heavy atom. The van der Waals surface area contributed by atoms with Crippen molar-refractivity contribution in [3.63, 3.8) is 0 Å². The van der Waals surface area contributed by atoms with Gasteiger partial charge in [0.05, 0.1) is 0 Å². The van der Waals surface area contributed by atoms with Crippen molar-refractivity contribution in [2.45, 2.75) is 32.4 Å². The van der Waals surface area contributed by atoms with Crippen LogP contribution in [0.2, 0.25) is 0 Å². The maximum atomic E-state index is 12.3. The van der Waals surface area contributed by atoms with E-state index in [2.05, 4.69) is 34.5 Å². The van der Waals surface area contributed by atoms with Crippen LogP contribution in [0.15, 0.2) is 59.0 Å². The van der Waals surface area contributed by atoms with Crippen molar-refractivity contribution < 1.29 is 9.21 Å². The van der Waals surface area contributed by atoms with Crippen LogP contribution in [0, 0.1) is 0 Å². The lowest BCUT2D eigenvalue weighted by Gasteiger charge is -2.26. The monoisotopic (exact) mass is 348 g/mol. The number of carbonyl (C=O) groups excluding carboxylic acids is 1. The number of nitrogens with zero attached hydrogens (tertiary/aromatic N) is 1. The maximum Gasteiger partial charge on any atom is 0.287 e. The van der Waals surface area contributed by atoms with Gasteiger partial charge in [0.25, 0.3) is 5.91 Å². The minimum absolute atomic E-state index is 0.182. The highest BCUT2D eigenvalue weighted by molar-refractivity contribution is 5.95. The molecule has 0 aliphatic carbocycles. The first kappa shape index (κ1) is 16.9. The second-order valence-electron chi connectivity index (χ2n) is 6.98. The lowest BCUT2D eigenvalue weighted by molar-refractivity contribution is 0.0925. The summed E-state index contributed by atoms with van der Waals surface area (Å²) in [5.74, 6) is 0.173. The summed E-state index contributed by atoms with van der Waals surface area (Å²) in [6.45, 7) is 3.93. The zero-order valence-electron chi connectivity index (χ0n) is 14.9. The van der Waals surface area contributed by atoms with Crippen LogP contribution in [0.5, 0.6) is 0 Å². The molecule has 3 aromatic rings. The highest BCUT2D eigenvalue weighted by atomic mass is 16.3. The molecule has 2 heterocycles. The molecule has 134 valence electrons. The predicted molar refractivity (Wildman–Crippen MR) is 103 cm³/mol. The van der Waals surface area contributed by atoms with Crippen molar-refractivity contribution in [1.29, 1.82) is 0 Å². The summed E-state index contributed by atoms with van der Waals surface area (Å²) >= 11 is 0. The Hall–Kier alpha value is -2.59. The average Bonchev–Trinajstić information content (AvgIpc) is 3.12. The van der Waals surface area contributed by atoms with Crippen LogP contribution < -0.4 is 5.32 Å². The van der Waals surface area contributed by atoms with E-state index in [1.807, 2.05) is 24.3 Å². The molecule has 1 N–H and O–H groups in total. The second-order valence-corrected chi connectivity index (χ2v) is 6.98. The molecule has 0 bridgehead atoms. The van der Waals surface area contributed by atoms with Crippen LogP contribution in [-0.2, 0) is 13.1 Å². The van der Waals surface area contributed by atoms with E-state index in [1.165, 1.54) is 37.9 Å². The van der Waals surface area contributed by atoms with Crippen molar-refractivity contribution in [2.75, 3.05) is 13.1 Å². The van der Waals surface area contributed by atoms with E-state index in [0.29, 0.717) is 12.3 Å². The van der Waals surface area contributed by atoms with Gasteiger partial charge in [-0.25, -0.2) is 0 Å². The Balaban J connectivity index is 1.33. The van der Waals surface area contributed by atoms with Crippen molar-refractivity contribution in [3.05, 3.63) is 71.5 Å². The fourth-order valence-electron chi connectivity index (χ4n) is 3.50. The van der Waals surface area contributed by atoms with E-state index in [-0.39, 0.29) is 5.91 Å². The summed E-state index contributed by atoms with van der Waals surface area (Å²) in [5.41, 5.74) is 3.16. The number of amides is 1. The van der Waals surface area contributed by atoms with E-state index in [9.17, 15) is 4.79 Å². The molecule has 0 atom stereocenters. The van der Waals surface area contributed by atoms with Crippen LogP contribution in [-0.4, -0.2) is 23.9 Å². The Morgan fingerprint density at radius 3 is 2.46 bits per heavy atom. The summed E-state index contributed by atoms with van der Waals surface area (Å²) in [7, 11) is 0. The Kier molecular flexibility index (Phi) is 5.02.